The molecule has 108 valence electrons. The standard InChI is InChI=1S/C16H22N2O2/c1-11(2)18-16(7-8-17-18)15-9-14(20-12(3)4)6-5-13(15)10-19/h5-9,11-12,19H,10H2,1-4H3. The third kappa shape index (κ3) is 3.02. The molecule has 0 radical (unpaired) electrons. The first-order valence-electron chi connectivity index (χ1n) is 6.97. The van der Waals surface area contributed by atoms with Crippen molar-refractivity contribution in [3.05, 3.63) is 36.0 Å². The highest BCUT2D eigenvalue weighted by Gasteiger charge is 2.13. The molecular weight excluding hydrogens is 252 g/mol. The minimum atomic E-state index is 0.000563. The Labute approximate surface area is 120 Å². The Bertz CT molecular complexity index is 574. The maximum absolute atomic E-state index is 9.55. The molecule has 0 aliphatic heterocycles. The molecule has 0 spiro atoms. The van der Waals surface area contributed by atoms with Gasteiger partial charge in [0, 0.05) is 17.8 Å². The fraction of sp³-hybridized carbons (Fsp3) is 0.438. The van der Waals surface area contributed by atoms with E-state index in [1.165, 1.54) is 0 Å². The highest BCUT2D eigenvalue weighted by Crippen LogP contribution is 2.30. The van der Waals surface area contributed by atoms with Gasteiger partial charge in [-0.25, -0.2) is 0 Å². The SMILES string of the molecule is CC(C)Oc1ccc(CO)c(-c2ccnn2C(C)C)c1. The maximum Gasteiger partial charge on any atom is 0.120 e. The molecule has 0 saturated carbocycles. The van der Waals surface area contributed by atoms with E-state index in [1.54, 1.807) is 6.20 Å². The molecule has 0 bridgehead atoms. The van der Waals surface area contributed by atoms with Crippen molar-refractivity contribution in [2.75, 3.05) is 0 Å². The number of ether oxygens (including phenoxy) is 1. The van der Waals surface area contributed by atoms with Gasteiger partial charge in [0.25, 0.3) is 0 Å². The molecule has 0 aliphatic carbocycles. The summed E-state index contributed by atoms with van der Waals surface area (Å²) in [5.74, 6) is 0.809. The van der Waals surface area contributed by atoms with E-state index in [9.17, 15) is 5.11 Å². The van der Waals surface area contributed by atoms with Gasteiger partial charge in [-0.05, 0) is 51.5 Å². The van der Waals surface area contributed by atoms with E-state index < -0.39 is 0 Å². The van der Waals surface area contributed by atoms with Crippen molar-refractivity contribution in [3.8, 4) is 17.0 Å². The third-order valence-electron chi connectivity index (χ3n) is 3.06. The van der Waals surface area contributed by atoms with Crippen LogP contribution in [0.3, 0.4) is 0 Å². The fourth-order valence-corrected chi connectivity index (χ4v) is 2.22. The van der Waals surface area contributed by atoms with Crippen LogP contribution in [-0.4, -0.2) is 21.0 Å². The lowest BCUT2D eigenvalue weighted by atomic mass is 10.0. The summed E-state index contributed by atoms with van der Waals surface area (Å²) in [6, 6.07) is 8.01. The van der Waals surface area contributed by atoms with E-state index in [0.29, 0.717) is 0 Å². The number of aliphatic hydroxyl groups excluding tert-OH is 1. The van der Waals surface area contributed by atoms with Gasteiger partial charge in [0.1, 0.15) is 5.75 Å². The summed E-state index contributed by atoms with van der Waals surface area (Å²) in [6.07, 6.45) is 1.91. The lowest BCUT2D eigenvalue weighted by molar-refractivity contribution is 0.242. The van der Waals surface area contributed by atoms with Crippen LogP contribution in [0.1, 0.15) is 39.3 Å². The second-order valence-electron chi connectivity index (χ2n) is 5.40. The van der Waals surface area contributed by atoms with Crippen LogP contribution in [0, 0.1) is 0 Å². The van der Waals surface area contributed by atoms with Gasteiger partial charge in [-0.3, -0.25) is 4.68 Å². The Hall–Kier alpha value is -1.81. The molecule has 1 heterocycles. The topological polar surface area (TPSA) is 47.3 Å². The number of rotatable bonds is 5. The second-order valence-corrected chi connectivity index (χ2v) is 5.40. The van der Waals surface area contributed by atoms with Gasteiger partial charge in [0.2, 0.25) is 0 Å². The van der Waals surface area contributed by atoms with Crippen LogP contribution in [0.15, 0.2) is 30.5 Å². The zero-order valence-corrected chi connectivity index (χ0v) is 12.5. The van der Waals surface area contributed by atoms with Crippen molar-refractivity contribution in [1.82, 2.24) is 9.78 Å². The molecule has 1 N–H and O–H groups in total. The Morgan fingerprint density at radius 1 is 1.20 bits per heavy atom. The van der Waals surface area contributed by atoms with Gasteiger partial charge < -0.3 is 9.84 Å². The van der Waals surface area contributed by atoms with Crippen LogP contribution in [0.5, 0.6) is 5.75 Å². The molecule has 0 amide bonds. The van der Waals surface area contributed by atoms with Crippen LogP contribution in [0.4, 0.5) is 0 Å². The molecule has 2 aromatic rings. The van der Waals surface area contributed by atoms with Crippen LogP contribution in [0.2, 0.25) is 0 Å². The van der Waals surface area contributed by atoms with Crippen molar-refractivity contribution in [3.63, 3.8) is 0 Å². The third-order valence-corrected chi connectivity index (χ3v) is 3.06. The van der Waals surface area contributed by atoms with Gasteiger partial charge >= 0.3 is 0 Å². The number of hydrogen-bond acceptors (Lipinski definition) is 3. The summed E-state index contributed by atoms with van der Waals surface area (Å²) in [5.41, 5.74) is 2.85. The summed E-state index contributed by atoms with van der Waals surface area (Å²) >= 11 is 0. The van der Waals surface area contributed by atoms with Crippen molar-refractivity contribution in [1.29, 1.82) is 0 Å². The van der Waals surface area contributed by atoms with Crippen molar-refractivity contribution in [2.45, 2.75) is 46.4 Å². The number of aromatic nitrogens is 2. The molecule has 4 heteroatoms. The van der Waals surface area contributed by atoms with E-state index in [4.69, 9.17) is 4.74 Å². The van der Waals surface area contributed by atoms with E-state index in [2.05, 4.69) is 18.9 Å². The second kappa shape index (κ2) is 6.09. The molecule has 1 aromatic carbocycles. The fourth-order valence-electron chi connectivity index (χ4n) is 2.22. The zero-order valence-electron chi connectivity index (χ0n) is 12.5. The predicted octanol–water partition coefficient (Wildman–Crippen LogP) is 3.41. The van der Waals surface area contributed by atoms with E-state index in [1.807, 2.05) is 42.8 Å². The molecule has 0 fully saturated rings. The van der Waals surface area contributed by atoms with Crippen LogP contribution in [-0.2, 0) is 6.61 Å². The Balaban J connectivity index is 2.50. The summed E-state index contributed by atoms with van der Waals surface area (Å²) in [7, 11) is 0. The smallest absolute Gasteiger partial charge is 0.120 e. The number of benzene rings is 1. The molecule has 0 saturated heterocycles. The van der Waals surface area contributed by atoms with Gasteiger partial charge in [0.15, 0.2) is 0 Å². The van der Waals surface area contributed by atoms with E-state index >= 15 is 0 Å². The maximum atomic E-state index is 9.55. The molecule has 1 aromatic heterocycles. The van der Waals surface area contributed by atoms with E-state index in [-0.39, 0.29) is 18.8 Å². The van der Waals surface area contributed by atoms with Gasteiger partial charge in [0.05, 0.1) is 18.4 Å². The molecule has 20 heavy (non-hydrogen) atoms. The Morgan fingerprint density at radius 3 is 2.55 bits per heavy atom. The first-order chi connectivity index (χ1) is 9.52. The molecule has 0 atom stereocenters. The highest BCUT2D eigenvalue weighted by molar-refractivity contribution is 5.66. The Kier molecular flexibility index (Phi) is 4.45. The minimum Gasteiger partial charge on any atom is -0.491 e. The van der Waals surface area contributed by atoms with Gasteiger partial charge in [-0.1, -0.05) is 6.07 Å². The molecule has 0 aliphatic rings. The molecular formula is C16H22N2O2. The monoisotopic (exact) mass is 274 g/mol. The summed E-state index contributed by atoms with van der Waals surface area (Å²) in [5, 5.41) is 13.9. The average molecular weight is 274 g/mol. The molecule has 0 unspecified atom stereocenters. The molecule has 2 rings (SSSR count). The summed E-state index contributed by atoms with van der Waals surface area (Å²) < 4.78 is 7.69. The van der Waals surface area contributed by atoms with Crippen LogP contribution < -0.4 is 4.74 Å². The lowest BCUT2D eigenvalue weighted by Gasteiger charge is -2.16. The van der Waals surface area contributed by atoms with Crippen LogP contribution in [0.25, 0.3) is 11.3 Å². The quantitative estimate of drug-likeness (QED) is 0.909. The zero-order chi connectivity index (χ0) is 14.7. The summed E-state index contributed by atoms with van der Waals surface area (Å²) in [4.78, 5) is 0. The average Bonchev–Trinajstić information content (AvgIpc) is 2.87. The lowest BCUT2D eigenvalue weighted by Crippen LogP contribution is -2.08. The van der Waals surface area contributed by atoms with Crippen molar-refractivity contribution in [2.24, 2.45) is 0 Å². The largest absolute Gasteiger partial charge is 0.491 e. The number of nitrogens with zero attached hydrogens (tertiary/aromatic N) is 2. The summed E-state index contributed by atoms with van der Waals surface area (Å²) in [6.45, 7) is 8.17. The predicted molar refractivity (Wildman–Crippen MR) is 79.7 cm³/mol. The van der Waals surface area contributed by atoms with E-state index in [0.717, 1.165) is 22.6 Å². The van der Waals surface area contributed by atoms with Gasteiger partial charge in [-0.2, -0.15) is 5.10 Å². The minimum absolute atomic E-state index is 0.000563. The van der Waals surface area contributed by atoms with Gasteiger partial charge in [-0.15, -0.1) is 0 Å². The Morgan fingerprint density at radius 2 is 1.95 bits per heavy atom. The van der Waals surface area contributed by atoms with Crippen molar-refractivity contribution >= 4 is 0 Å². The number of aliphatic hydroxyl groups is 1. The first kappa shape index (κ1) is 14.6. The van der Waals surface area contributed by atoms with Crippen molar-refractivity contribution < 1.29 is 9.84 Å². The molecule has 4 nitrogen and oxygen atoms in total. The number of hydrogen-bond donors (Lipinski definition) is 1. The highest BCUT2D eigenvalue weighted by atomic mass is 16.5. The normalized spacial score (nSPS) is 11.3. The van der Waals surface area contributed by atoms with Crippen LogP contribution >= 0.6 is 0 Å². The first-order valence-corrected chi connectivity index (χ1v) is 6.97.